The number of carboxylic acids is 1. The van der Waals surface area contributed by atoms with Crippen LogP contribution in [0.4, 0.5) is 0 Å². The Kier molecular flexibility index (Phi) is 5.33. The molecule has 1 saturated heterocycles. The van der Waals surface area contributed by atoms with Gasteiger partial charge >= 0.3 is 13.1 Å². The second-order valence-electron chi connectivity index (χ2n) is 6.85. The minimum atomic E-state index is -0.967. The van der Waals surface area contributed by atoms with Gasteiger partial charge in [0.15, 0.2) is 0 Å². The molecule has 0 bridgehead atoms. The van der Waals surface area contributed by atoms with Crippen molar-refractivity contribution in [3.8, 4) is 0 Å². The van der Waals surface area contributed by atoms with Gasteiger partial charge in [-0.25, -0.2) is 4.79 Å². The fourth-order valence-electron chi connectivity index (χ4n) is 2.30. The Bertz CT molecular complexity index is 646. The molecule has 0 radical (unpaired) electrons. The molecular weight excluding hydrogens is 305 g/mol. The predicted octanol–water partition coefficient (Wildman–Crippen LogP) is 2.76. The van der Waals surface area contributed by atoms with Gasteiger partial charge in [0, 0.05) is 12.6 Å². The highest BCUT2D eigenvalue weighted by Gasteiger charge is 2.52. The average molecular weight is 329 g/mol. The molecule has 0 aromatic heterocycles. The first-order chi connectivity index (χ1) is 11.1. The van der Waals surface area contributed by atoms with E-state index in [1.165, 1.54) is 0 Å². The monoisotopic (exact) mass is 329 g/mol. The summed E-state index contributed by atoms with van der Waals surface area (Å²) in [5, 5.41) is 8.65. The largest absolute Gasteiger partial charge is 0.491 e. The highest BCUT2D eigenvalue weighted by atomic mass is 16.7. The van der Waals surface area contributed by atoms with Gasteiger partial charge in [0.25, 0.3) is 0 Å². The highest BCUT2D eigenvalue weighted by molar-refractivity contribution is 6.55. The van der Waals surface area contributed by atoms with Crippen molar-refractivity contribution in [1.82, 2.24) is 0 Å². The van der Waals surface area contributed by atoms with Crippen LogP contribution in [0, 0.1) is 0 Å². The molecule has 0 amide bonds. The first-order valence-electron chi connectivity index (χ1n) is 7.92. The smallest absolute Gasteiger partial charge is 0.478 e. The molecule has 1 fully saturated rings. The van der Waals surface area contributed by atoms with Crippen LogP contribution in [0.25, 0.3) is 12.2 Å². The Labute approximate surface area is 143 Å². The van der Waals surface area contributed by atoms with Crippen molar-refractivity contribution < 1.29 is 19.2 Å². The molecule has 5 nitrogen and oxygen atoms in total. The third-order valence-electron chi connectivity index (χ3n) is 4.50. The van der Waals surface area contributed by atoms with Crippen molar-refractivity contribution in [3.05, 3.63) is 46.9 Å². The zero-order valence-electron chi connectivity index (χ0n) is 14.6. The van der Waals surface area contributed by atoms with E-state index in [9.17, 15) is 4.79 Å². The molecule has 0 atom stereocenters. The Morgan fingerprint density at radius 3 is 2.08 bits per heavy atom. The Morgan fingerprint density at radius 2 is 1.62 bits per heavy atom. The number of carbonyl (C=O) groups is 1. The third kappa shape index (κ3) is 4.14. The molecule has 2 rings (SSSR count). The topological polar surface area (TPSA) is 81.8 Å². The van der Waals surface area contributed by atoms with Crippen molar-refractivity contribution in [2.24, 2.45) is 5.73 Å². The van der Waals surface area contributed by atoms with E-state index in [2.05, 4.69) is 0 Å². The van der Waals surface area contributed by atoms with Crippen LogP contribution in [-0.4, -0.2) is 35.9 Å². The van der Waals surface area contributed by atoms with Crippen molar-refractivity contribution in [1.29, 1.82) is 0 Å². The summed E-state index contributed by atoms with van der Waals surface area (Å²) in [6.45, 7) is 8.35. The minimum Gasteiger partial charge on any atom is -0.478 e. The highest BCUT2D eigenvalue weighted by Crippen LogP contribution is 2.38. The standard InChI is InChI=1S/C18H24BNO4/c1-17(2)18(3,4)24-19(23-17)15(12-20)11-14-7-5-13(6-8-14)9-10-16(21)22/h5-11H,12,20H2,1-4H3,(H,21,22)/b10-9+,15-11?. The number of benzene rings is 1. The summed E-state index contributed by atoms with van der Waals surface area (Å²) in [5.41, 5.74) is 7.71. The molecule has 3 N–H and O–H groups in total. The van der Waals surface area contributed by atoms with Crippen LogP contribution in [0.2, 0.25) is 0 Å². The van der Waals surface area contributed by atoms with Gasteiger partial charge in [-0.15, -0.1) is 0 Å². The maximum Gasteiger partial charge on any atom is 0.491 e. The van der Waals surface area contributed by atoms with Crippen LogP contribution in [0.3, 0.4) is 0 Å². The van der Waals surface area contributed by atoms with Gasteiger partial charge in [0.1, 0.15) is 0 Å². The van der Waals surface area contributed by atoms with Crippen molar-refractivity contribution in [2.75, 3.05) is 6.54 Å². The molecule has 128 valence electrons. The SMILES string of the molecule is CC1(C)OB(C(=Cc2ccc(/C=C/C(=O)O)cc2)CN)OC1(C)C. The molecule has 1 aliphatic rings. The number of hydrogen-bond acceptors (Lipinski definition) is 4. The summed E-state index contributed by atoms with van der Waals surface area (Å²) in [4.78, 5) is 10.5. The first kappa shape index (κ1) is 18.5. The van der Waals surface area contributed by atoms with Gasteiger partial charge in [0.2, 0.25) is 0 Å². The summed E-state index contributed by atoms with van der Waals surface area (Å²) >= 11 is 0. The Hall–Kier alpha value is -1.89. The fraction of sp³-hybridized carbons (Fsp3) is 0.389. The van der Waals surface area contributed by atoms with E-state index < -0.39 is 24.3 Å². The van der Waals surface area contributed by atoms with E-state index in [4.69, 9.17) is 20.1 Å². The predicted molar refractivity (Wildman–Crippen MR) is 96.2 cm³/mol. The Morgan fingerprint density at radius 1 is 1.12 bits per heavy atom. The lowest BCUT2D eigenvalue weighted by Crippen LogP contribution is -2.41. The lowest BCUT2D eigenvalue weighted by Gasteiger charge is -2.32. The van der Waals surface area contributed by atoms with E-state index in [0.29, 0.717) is 6.54 Å². The van der Waals surface area contributed by atoms with Crippen LogP contribution in [-0.2, 0) is 14.1 Å². The zero-order valence-corrected chi connectivity index (χ0v) is 14.6. The van der Waals surface area contributed by atoms with E-state index in [1.54, 1.807) is 6.08 Å². The van der Waals surface area contributed by atoms with Gasteiger partial charge in [0.05, 0.1) is 11.2 Å². The molecule has 1 aliphatic heterocycles. The Balaban J connectivity index is 2.18. The summed E-state index contributed by atoms with van der Waals surface area (Å²) in [6, 6.07) is 7.51. The number of carboxylic acid groups (broad SMARTS) is 1. The molecule has 0 aliphatic carbocycles. The molecule has 0 saturated carbocycles. The van der Waals surface area contributed by atoms with Crippen LogP contribution < -0.4 is 5.73 Å². The van der Waals surface area contributed by atoms with Crippen molar-refractivity contribution in [2.45, 2.75) is 38.9 Å². The second-order valence-corrected chi connectivity index (χ2v) is 6.85. The van der Waals surface area contributed by atoms with E-state index >= 15 is 0 Å². The number of rotatable bonds is 5. The second kappa shape index (κ2) is 6.93. The van der Waals surface area contributed by atoms with Gasteiger partial charge in [-0.2, -0.15) is 0 Å². The zero-order chi connectivity index (χ0) is 18.0. The quantitative estimate of drug-likeness (QED) is 0.641. The van der Waals surface area contributed by atoms with Crippen LogP contribution in [0.15, 0.2) is 35.8 Å². The van der Waals surface area contributed by atoms with E-state index in [1.807, 2.05) is 58.0 Å². The fourth-order valence-corrected chi connectivity index (χ4v) is 2.30. The molecule has 1 aromatic carbocycles. The normalized spacial score (nSPS) is 19.9. The molecule has 1 aromatic rings. The molecule has 0 unspecified atom stereocenters. The maximum absolute atomic E-state index is 10.5. The van der Waals surface area contributed by atoms with Crippen molar-refractivity contribution >= 4 is 25.2 Å². The molecule has 6 heteroatoms. The molecule has 24 heavy (non-hydrogen) atoms. The first-order valence-corrected chi connectivity index (χ1v) is 7.92. The van der Waals surface area contributed by atoms with Crippen LogP contribution in [0.5, 0.6) is 0 Å². The molecular formula is C18H24BNO4. The van der Waals surface area contributed by atoms with Gasteiger partial charge in [-0.1, -0.05) is 30.3 Å². The van der Waals surface area contributed by atoms with Crippen molar-refractivity contribution in [3.63, 3.8) is 0 Å². The van der Waals surface area contributed by atoms with Gasteiger partial charge in [-0.3, -0.25) is 0 Å². The summed E-state index contributed by atoms with van der Waals surface area (Å²) < 4.78 is 12.1. The average Bonchev–Trinajstić information content (AvgIpc) is 2.72. The van der Waals surface area contributed by atoms with Gasteiger partial charge in [-0.05, 0) is 50.4 Å². The number of nitrogens with two attached hydrogens (primary N) is 1. The summed E-state index contributed by atoms with van der Waals surface area (Å²) in [6.07, 6.45) is 4.61. The van der Waals surface area contributed by atoms with Gasteiger partial charge < -0.3 is 20.1 Å². The van der Waals surface area contributed by atoms with E-state index in [-0.39, 0.29) is 0 Å². The number of aliphatic carboxylic acids is 1. The number of hydrogen-bond donors (Lipinski definition) is 2. The molecule has 0 spiro atoms. The molecule has 1 heterocycles. The third-order valence-corrected chi connectivity index (χ3v) is 4.50. The summed E-state index contributed by atoms with van der Waals surface area (Å²) in [5.74, 6) is -0.967. The minimum absolute atomic E-state index is 0.331. The van der Waals surface area contributed by atoms with E-state index in [0.717, 1.165) is 22.7 Å². The summed E-state index contributed by atoms with van der Waals surface area (Å²) in [7, 11) is -0.466. The lowest BCUT2D eigenvalue weighted by atomic mass is 9.77. The maximum atomic E-state index is 10.5. The van der Waals surface area contributed by atoms with Crippen LogP contribution in [0.1, 0.15) is 38.8 Å². The lowest BCUT2D eigenvalue weighted by molar-refractivity contribution is -0.131. The van der Waals surface area contributed by atoms with Crippen LogP contribution >= 0.6 is 0 Å².